The van der Waals surface area contributed by atoms with Crippen LogP contribution in [0.5, 0.6) is 5.75 Å². The standard InChI is InChI=1S/C12H12N2O4S/c1-7-13-14-12(18-7)19-6-8-3-4-10(17-2)9(5-8)11(15)16/h3-5H,6H2,1-2H3,(H,15,16). The van der Waals surface area contributed by atoms with E-state index in [1.165, 1.54) is 18.9 Å². The maximum atomic E-state index is 11.1. The minimum absolute atomic E-state index is 0.141. The van der Waals surface area contributed by atoms with E-state index in [1.807, 2.05) is 6.07 Å². The maximum absolute atomic E-state index is 11.1. The van der Waals surface area contributed by atoms with Crippen LogP contribution in [0, 0.1) is 6.92 Å². The lowest BCUT2D eigenvalue weighted by Gasteiger charge is -2.06. The van der Waals surface area contributed by atoms with Gasteiger partial charge in [-0.1, -0.05) is 17.8 Å². The fourth-order valence-corrected chi connectivity index (χ4v) is 2.24. The van der Waals surface area contributed by atoms with Crippen LogP contribution in [0.15, 0.2) is 27.8 Å². The Morgan fingerprint density at radius 1 is 1.47 bits per heavy atom. The SMILES string of the molecule is COc1ccc(CSc2nnc(C)o2)cc1C(=O)O. The van der Waals surface area contributed by atoms with Crippen molar-refractivity contribution in [3.63, 3.8) is 0 Å². The average molecular weight is 280 g/mol. The zero-order valence-electron chi connectivity index (χ0n) is 10.4. The predicted molar refractivity (Wildman–Crippen MR) is 68.5 cm³/mol. The molecule has 1 N–H and O–H groups in total. The molecule has 0 amide bonds. The summed E-state index contributed by atoms with van der Waals surface area (Å²) in [5.74, 6) is 0.377. The monoisotopic (exact) mass is 280 g/mol. The summed E-state index contributed by atoms with van der Waals surface area (Å²) in [5.41, 5.74) is 0.987. The van der Waals surface area contributed by atoms with Crippen molar-refractivity contribution >= 4 is 17.7 Å². The van der Waals surface area contributed by atoms with Crippen LogP contribution in [0.3, 0.4) is 0 Å². The largest absolute Gasteiger partial charge is 0.496 e. The number of carboxylic acids is 1. The molecule has 2 aromatic rings. The molecule has 0 aliphatic carbocycles. The fraction of sp³-hybridized carbons (Fsp3) is 0.250. The van der Waals surface area contributed by atoms with Crippen LogP contribution in [0.2, 0.25) is 0 Å². The Kier molecular flexibility index (Phi) is 4.06. The van der Waals surface area contributed by atoms with Gasteiger partial charge in [-0.3, -0.25) is 0 Å². The minimum Gasteiger partial charge on any atom is -0.496 e. The number of methoxy groups -OCH3 is 1. The zero-order valence-corrected chi connectivity index (χ0v) is 11.2. The molecular weight excluding hydrogens is 268 g/mol. The number of nitrogens with zero attached hydrogens (tertiary/aromatic N) is 2. The van der Waals surface area contributed by atoms with E-state index in [0.717, 1.165) is 5.56 Å². The summed E-state index contributed by atoms with van der Waals surface area (Å²) in [6.45, 7) is 1.72. The number of aromatic carboxylic acids is 1. The molecule has 2 rings (SSSR count). The minimum atomic E-state index is -1.02. The third-order valence-electron chi connectivity index (χ3n) is 2.36. The highest BCUT2D eigenvalue weighted by Gasteiger charge is 2.12. The molecule has 0 aliphatic heterocycles. The van der Waals surface area contributed by atoms with E-state index >= 15 is 0 Å². The average Bonchev–Trinajstić information content (AvgIpc) is 2.81. The van der Waals surface area contributed by atoms with Gasteiger partial charge < -0.3 is 14.3 Å². The van der Waals surface area contributed by atoms with Crippen LogP contribution in [0.25, 0.3) is 0 Å². The van der Waals surface area contributed by atoms with Crippen molar-refractivity contribution in [1.82, 2.24) is 10.2 Å². The van der Waals surface area contributed by atoms with Crippen molar-refractivity contribution in [2.75, 3.05) is 7.11 Å². The van der Waals surface area contributed by atoms with Crippen LogP contribution < -0.4 is 4.74 Å². The van der Waals surface area contributed by atoms with Gasteiger partial charge in [-0.15, -0.1) is 10.2 Å². The van der Waals surface area contributed by atoms with E-state index in [2.05, 4.69) is 10.2 Å². The molecule has 7 heteroatoms. The number of hydrogen-bond acceptors (Lipinski definition) is 6. The molecule has 0 spiro atoms. The number of aromatic nitrogens is 2. The normalized spacial score (nSPS) is 10.4. The second-order valence-electron chi connectivity index (χ2n) is 3.72. The lowest BCUT2D eigenvalue weighted by atomic mass is 10.1. The molecule has 0 fully saturated rings. The number of carboxylic acid groups (broad SMARTS) is 1. The molecular formula is C12H12N2O4S. The first-order valence-corrected chi connectivity index (χ1v) is 6.42. The molecule has 6 nitrogen and oxygen atoms in total. The summed E-state index contributed by atoms with van der Waals surface area (Å²) in [7, 11) is 1.44. The Bertz CT molecular complexity index is 597. The smallest absolute Gasteiger partial charge is 0.339 e. The number of hydrogen-bond donors (Lipinski definition) is 1. The number of benzene rings is 1. The Morgan fingerprint density at radius 2 is 2.26 bits per heavy atom. The Morgan fingerprint density at radius 3 is 2.84 bits per heavy atom. The molecule has 1 aromatic carbocycles. The molecule has 0 saturated heterocycles. The van der Waals surface area contributed by atoms with Crippen molar-refractivity contribution in [2.24, 2.45) is 0 Å². The summed E-state index contributed by atoms with van der Waals surface area (Å²) < 4.78 is 10.2. The first-order valence-electron chi connectivity index (χ1n) is 5.43. The van der Waals surface area contributed by atoms with Gasteiger partial charge in [0.05, 0.1) is 7.11 Å². The lowest BCUT2D eigenvalue weighted by molar-refractivity contribution is 0.0693. The number of carbonyl (C=O) groups is 1. The van der Waals surface area contributed by atoms with Gasteiger partial charge >= 0.3 is 5.97 Å². The van der Waals surface area contributed by atoms with Crippen LogP contribution in [-0.2, 0) is 5.75 Å². The van der Waals surface area contributed by atoms with E-state index in [-0.39, 0.29) is 5.56 Å². The van der Waals surface area contributed by atoms with E-state index in [1.54, 1.807) is 19.1 Å². The Hall–Kier alpha value is -2.02. The fourth-order valence-electron chi connectivity index (χ4n) is 1.49. The molecule has 19 heavy (non-hydrogen) atoms. The van der Waals surface area contributed by atoms with Gasteiger partial charge in [-0.05, 0) is 17.7 Å². The van der Waals surface area contributed by atoms with Gasteiger partial charge in [0.25, 0.3) is 5.22 Å². The first kappa shape index (κ1) is 13.4. The molecule has 0 saturated carbocycles. The third kappa shape index (κ3) is 3.25. The van der Waals surface area contributed by atoms with Crippen LogP contribution in [0.1, 0.15) is 21.8 Å². The zero-order chi connectivity index (χ0) is 13.8. The highest BCUT2D eigenvalue weighted by molar-refractivity contribution is 7.98. The first-order chi connectivity index (χ1) is 9.10. The molecule has 1 aromatic heterocycles. The van der Waals surface area contributed by atoms with Crippen molar-refractivity contribution in [1.29, 1.82) is 0 Å². The van der Waals surface area contributed by atoms with Crippen LogP contribution >= 0.6 is 11.8 Å². The van der Waals surface area contributed by atoms with E-state index < -0.39 is 5.97 Å². The van der Waals surface area contributed by atoms with E-state index in [0.29, 0.717) is 22.6 Å². The van der Waals surface area contributed by atoms with Gasteiger partial charge in [0.15, 0.2) is 0 Å². The van der Waals surface area contributed by atoms with Crippen molar-refractivity contribution in [2.45, 2.75) is 17.9 Å². The summed E-state index contributed by atoms with van der Waals surface area (Å²) in [5, 5.41) is 17.1. The lowest BCUT2D eigenvalue weighted by Crippen LogP contribution is -2.01. The molecule has 100 valence electrons. The predicted octanol–water partition coefficient (Wildman–Crippen LogP) is 2.38. The summed E-state index contributed by atoms with van der Waals surface area (Å²) in [4.78, 5) is 11.1. The van der Waals surface area contributed by atoms with Crippen LogP contribution in [0.4, 0.5) is 0 Å². The highest BCUT2D eigenvalue weighted by Crippen LogP contribution is 2.25. The number of ether oxygens (including phenoxy) is 1. The van der Waals surface area contributed by atoms with Gasteiger partial charge in [0.2, 0.25) is 5.89 Å². The van der Waals surface area contributed by atoms with Gasteiger partial charge in [0.1, 0.15) is 11.3 Å². The number of rotatable bonds is 5. The third-order valence-corrected chi connectivity index (χ3v) is 3.25. The van der Waals surface area contributed by atoms with Crippen molar-refractivity contribution in [3.05, 3.63) is 35.2 Å². The topological polar surface area (TPSA) is 85.5 Å². The summed E-state index contributed by atoms with van der Waals surface area (Å²) in [6.07, 6.45) is 0. The second-order valence-corrected chi connectivity index (χ2v) is 4.64. The maximum Gasteiger partial charge on any atom is 0.339 e. The van der Waals surface area contributed by atoms with Gasteiger partial charge in [-0.2, -0.15) is 0 Å². The van der Waals surface area contributed by atoms with E-state index in [9.17, 15) is 4.79 Å². The molecule has 1 heterocycles. The van der Waals surface area contributed by atoms with E-state index in [4.69, 9.17) is 14.3 Å². The molecule has 0 radical (unpaired) electrons. The Labute approximate surface area is 113 Å². The van der Waals surface area contributed by atoms with Crippen molar-refractivity contribution < 1.29 is 19.1 Å². The summed E-state index contributed by atoms with van der Waals surface area (Å²) >= 11 is 1.35. The summed E-state index contributed by atoms with van der Waals surface area (Å²) in [6, 6.07) is 5.03. The second kappa shape index (κ2) is 5.75. The molecule has 0 aliphatic rings. The Balaban J connectivity index is 2.12. The quantitative estimate of drug-likeness (QED) is 0.841. The molecule has 0 bridgehead atoms. The number of thioether (sulfide) groups is 1. The van der Waals surface area contributed by atoms with Gasteiger partial charge in [0, 0.05) is 12.7 Å². The van der Waals surface area contributed by atoms with Gasteiger partial charge in [-0.25, -0.2) is 4.79 Å². The molecule has 0 unspecified atom stereocenters. The van der Waals surface area contributed by atoms with Crippen LogP contribution in [-0.4, -0.2) is 28.4 Å². The molecule has 0 atom stereocenters. The number of aryl methyl sites for hydroxylation is 1. The highest BCUT2D eigenvalue weighted by atomic mass is 32.2. The van der Waals surface area contributed by atoms with Crippen molar-refractivity contribution in [3.8, 4) is 5.75 Å².